The molecule has 1 atom stereocenters. The van der Waals surface area contributed by atoms with Gasteiger partial charge in [-0.15, -0.1) is 0 Å². The van der Waals surface area contributed by atoms with Crippen LogP contribution < -0.4 is 0 Å². The van der Waals surface area contributed by atoms with Gasteiger partial charge in [-0.2, -0.15) is 11.8 Å². The molecule has 0 spiro atoms. The number of halogens is 1. The highest BCUT2D eigenvalue weighted by Gasteiger charge is 2.47. The van der Waals surface area contributed by atoms with Crippen molar-refractivity contribution < 1.29 is 9.50 Å². The third-order valence-electron chi connectivity index (χ3n) is 3.48. The van der Waals surface area contributed by atoms with Crippen LogP contribution >= 0.6 is 11.8 Å². The quantitative estimate of drug-likeness (QED) is 0.820. The van der Waals surface area contributed by atoms with E-state index in [1.807, 2.05) is 13.8 Å². The van der Waals surface area contributed by atoms with Crippen molar-refractivity contribution in [3.63, 3.8) is 0 Å². The Hall–Kier alpha value is -0.610. The standard InChI is InChI=1S/C12H16FNOS/c1-11(2)3-4-16-8-12(11,15)9-5-10(13)7-14-6-9/h5-7,15H,3-4,8H2,1-2H3. The van der Waals surface area contributed by atoms with Gasteiger partial charge in [0.1, 0.15) is 11.4 Å². The average Bonchev–Trinajstić information content (AvgIpc) is 2.22. The molecule has 0 saturated carbocycles. The fourth-order valence-corrected chi connectivity index (χ4v) is 3.71. The molecule has 1 aliphatic rings. The molecule has 2 heterocycles. The van der Waals surface area contributed by atoms with Gasteiger partial charge in [0.2, 0.25) is 0 Å². The van der Waals surface area contributed by atoms with Crippen molar-refractivity contribution in [1.29, 1.82) is 0 Å². The molecular formula is C12H16FNOS. The lowest BCUT2D eigenvalue weighted by atomic mass is 9.70. The molecule has 0 radical (unpaired) electrons. The number of aromatic nitrogens is 1. The van der Waals surface area contributed by atoms with Crippen molar-refractivity contribution in [1.82, 2.24) is 4.98 Å². The lowest BCUT2D eigenvalue weighted by molar-refractivity contribution is -0.0583. The normalized spacial score (nSPS) is 29.0. The first-order chi connectivity index (χ1) is 7.46. The highest BCUT2D eigenvalue weighted by molar-refractivity contribution is 7.99. The third kappa shape index (κ3) is 1.84. The van der Waals surface area contributed by atoms with Crippen molar-refractivity contribution in [2.24, 2.45) is 5.41 Å². The molecule has 16 heavy (non-hydrogen) atoms. The largest absolute Gasteiger partial charge is 0.384 e. The van der Waals surface area contributed by atoms with Crippen molar-refractivity contribution in [2.45, 2.75) is 25.9 Å². The summed E-state index contributed by atoms with van der Waals surface area (Å²) in [6, 6.07) is 1.39. The van der Waals surface area contributed by atoms with Crippen LogP contribution in [-0.4, -0.2) is 21.6 Å². The summed E-state index contributed by atoms with van der Waals surface area (Å²) in [4.78, 5) is 3.83. The van der Waals surface area contributed by atoms with Gasteiger partial charge in [-0.1, -0.05) is 13.8 Å². The molecule has 0 aliphatic carbocycles. The molecule has 1 saturated heterocycles. The maximum absolute atomic E-state index is 13.2. The van der Waals surface area contributed by atoms with Crippen LogP contribution in [-0.2, 0) is 5.60 Å². The second kappa shape index (κ2) is 4.00. The van der Waals surface area contributed by atoms with Crippen LogP contribution in [0.2, 0.25) is 0 Å². The molecule has 1 aromatic rings. The number of rotatable bonds is 1. The molecule has 2 rings (SSSR count). The smallest absolute Gasteiger partial charge is 0.141 e. The molecule has 4 heteroatoms. The summed E-state index contributed by atoms with van der Waals surface area (Å²) < 4.78 is 13.2. The molecule has 0 aromatic carbocycles. The lowest BCUT2D eigenvalue weighted by Crippen LogP contribution is -2.47. The van der Waals surface area contributed by atoms with Gasteiger partial charge in [-0.05, 0) is 23.7 Å². The summed E-state index contributed by atoms with van der Waals surface area (Å²) in [7, 11) is 0. The summed E-state index contributed by atoms with van der Waals surface area (Å²) in [6.07, 6.45) is 3.65. The Morgan fingerprint density at radius 3 is 2.81 bits per heavy atom. The van der Waals surface area contributed by atoms with Gasteiger partial charge in [0.05, 0.1) is 6.20 Å². The first kappa shape index (κ1) is 11.9. The van der Waals surface area contributed by atoms with Gasteiger partial charge < -0.3 is 5.11 Å². The molecule has 1 unspecified atom stereocenters. The molecule has 1 N–H and O–H groups in total. The minimum absolute atomic E-state index is 0.242. The maximum atomic E-state index is 13.2. The summed E-state index contributed by atoms with van der Waals surface area (Å²) in [5.41, 5.74) is -0.636. The summed E-state index contributed by atoms with van der Waals surface area (Å²) in [6.45, 7) is 4.05. The lowest BCUT2D eigenvalue weighted by Gasteiger charge is -2.46. The van der Waals surface area contributed by atoms with Gasteiger partial charge in [-0.3, -0.25) is 4.98 Å². The van der Waals surface area contributed by atoms with Crippen LogP contribution in [0.4, 0.5) is 4.39 Å². The molecule has 1 aromatic heterocycles. The van der Waals surface area contributed by atoms with Crippen molar-refractivity contribution >= 4 is 11.8 Å². The van der Waals surface area contributed by atoms with E-state index in [1.54, 1.807) is 18.0 Å². The van der Waals surface area contributed by atoms with Crippen LogP contribution in [0.1, 0.15) is 25.8 Å². The second-order valence-electron chi connectivity index (χ2n) is 4.94. The Kier molecular flexibility index (Phi) is 2.97. The van der Waals surface area contributed by atoms with Gasteiger partial charge >= 0.3 is 0 Å². The predicted octanol–water partition coefficient (Wildman–Crippen LogP) is 2.57. The zero-order valence-corrected chi connectivity index (χ0v) is 10.4. The van der Waals surface area contributed by atoms with E-state index in [0.29, 0.717) is 11.3 Å². The summed E-state index contributed by atoms with van der Waals surface area (Å²) in [5.74, 6) is 1.25. The monoisotopic (exact) mass is 241 g/mol. The Balaban J connectivity index is 2.43. The zero-order chi connectivity index (χ0) is 11.8. The van der Waals surface area contributed by atoms with Gasteiger partial charge in [0, 0.05) is 17.5 Å². The van der Waals surface area contributed by atoms with Crippen LogP contribution in [0.15, 0.2) is 18.5 Å². The Morgan fingerprint density at radius 2 is 2.19 bits per heavy atom. The first-order valence-electron chi connectivity index (χ1n) is 5.37. The van der Waals surface area contributed by atoms with E-state index >= 15 is 0 Å². The van der Waals surface area contributed by atoms with Crippen molar-refractivity contribution in [3.8, 4) is 0 Å². The zero-order valence-electron chi connectivity index (χ0n) is 9.53. The second-order valence-corrected chi connectivity index (χ2v) is 6.04. The Labute approximate surface area is 99.3 Å². The van der Waals surface area contributed by atoms with Crippen molar-refractivity contribution in [3.05, 3.63) is 29.8 Å². The van der Waals surface area contributed by atoms with E-state index in [0.717, 1.165) is 18.4 Å². The molecule has 0 amide bonds. The van der Waals surface area contributed by atoms with E-state index < -0.39 is 11.4 Å². The van der Waals surface area contributed by atoms with Crippen molar-refractivity contribution in [2.75, 3.05) is 11.5 Å². The summed E-state index contributed by atoms with van der Waals surface area (Å²) >= 11 is 1.70. The highest BCUT2D eigenvalue weighted by atomic mass is 32.2. The number of aliphatic hydroxyl groups is 1. The molecule has 2 nitrogen and oxygen atoms in total. The fourth-order valence-electron chi connectivity index (χ4n) is 2.06. The van der Waals surface area contributed by atoms with Gasteiger partial charge in [-0.25, -0.2) is 4.39 Å². The fraction of sp³-hybridized carbons (Fsp3) is 0.583. The van der Waals surface area contributed by atoms with E-state index in [9.17, 15) is 9.50 Å². The molecule has 1 aliphatic heterocycles. The van der Waals surface area contributed by atoms with Gasteiger partial charge in [0.25, 0.3) is 0 Å². The minimum Gasteiger partial charge on any atom is -0.384 e. The summed E-state index contributed by atoms with van der Waals surface area (Å²) in [5, 5.41) is 10.8. The number of hydrogen-bond donors (Lipinski definition) is 1. The average molecular weight is 241 g/mol. The van der Waals surface area contributed by atoms with Crippen LogP contribution in [0.5, 0.6) is 0 Å². The third-order valence-corrected chi connectivity index (χ3v) is 4.60. The molecule has 88 valence electrons. The van der Waals surface area contributed by atoms with Crippen LogP contribution in [0.3, 0.4) is 0 Å². The topological polar surface area (TPSA) is 33.1 Å². The highest BCUT2D eigenvalue weighted by Crippen LogP contribution is 2.48. The van der Waals surface area contributed by atoms with Crippen LogP contribution in [0.25, 0.3) is 0 Å². The maximum Gasteiger partial charge on any atom is 0.141 e. The Morgan fingerprint density at radius 1 is 1.44 bits per heavy atom. The predicted molar refractivity (Wildman–Crippen MR) is 63.8 cm³/mol. The van der Waals surface area contributed by atoms with Gasteiger partial charge in [0.15, 0.2) is 0 Å². The van der Waals surface area contributed by atoms with Crippen LogP contribution in [0, 0.1) is 11.2 Å². The molecular weight excluding hydrogens is 225 g/mol. The molecule has 1 fully saturated rings. The van der Waals surface area contributed by atoms with E-state index in [4.69, 9.17) is 0 Å². The Bertz CT molecular complexity index is 396. The minimum atomic E-state index is -0.981. The van der Waals surface area contributed by atoms with E-state index in [-0.39, 0.29) is 5.41 Å². The number of nitrogens with zero attached hydrogens (tertiary/aromatic N) is 1. The SMILES string of the molecule is CC1(C)CCSCC1(O)c1cncc(F)c1. The number of hydrogen-bond acceptors (Lipinski definition) is 3. The van der Waals surface area contributed by atoms with E-state index in [2.05, 4.69) is 4.98 Å². The molecule has 0 bridgehead atoms. The van der Waals surface area contributed by atoms with E-state index in [1.165, 1.54) is 6.07 Å². The first-order valence-corrected chi connectivity index (χ1v) is 6.52. The number of thioether (sulfide) groups is 1. The number of pyridine rings is 1.